The van der Waals surface area contributed by atoms with Gasteiger partial charge in [0.2, 0.25) is 5.91 Å². The van der Waals surface area contributed by atoms with Gasteiger partial charge in [-0.1, -0.05) is 18.2 Å². The van der Waals surface area contributed by atoms with Gasteiger partial charge in [0, 0.05) is 37.3 Å². The molecule has 0 saturated heterocycles. The number of carbonyl (C=O) groups excluding carboxylic acids is 1. The highest BCUT2D eigenvalue weighted by Gasteiger charge is 2.26. The number of carbonyl (C=O) groups is 1. The van der Waals surface area contributed by atoms with Crippen molar-refractivity contribution in [1.82, 2.24) is 19.4 Å². The van der Waals surface area contributed by atoms with E-state index in [1.54, 1.807) is 7.11 Å². The Bertz CT molecular complexity index is 1240. The minimum atomic E-state index is 0.0220. The van der Waals surface area contributed by atoms with Crippen LogP contribution in [-0.4, -0.2) is 39.0 Å². The Morgan fingerprint density at radius 2 is 1.88 bits per heavy atom. The summed E-state index contributed by atoms with van der Waals surface area (Å²) in [7, 11) is 1.65. The van der Waals surface area contributed by atoms with Crippen LogP contribution in [-0.2, 0) is 24.2 Å². The number of nitrogens with zero attached hydrogens (tertiary/aromatic N) is 4. The lowest BCUT2D eigenvalue weighted by molar-refractivity contribution is -0.131. The van der Waals surface area contributed by atoms with Gasteiger partial charge in [-0.15, -0.1) is 0 Å². The lowest BCUT2D eigenvalue weighted by Crippen LogP contribution is -2.37. The van der Waals surface area contributed by atoms with E-state index >= 15 is 0 Å². The fourth-order valence-corrected chi connectivity index (χ4v) is 4.04. The summed E-state index contributed by atoms with van der Waals surface area (Å²) in [6.07, 6.45) is 2.89. The zero-order valence-electron chi connectivity index (χ0n) is 18.1. The minimum Gasteiger partial charge on any atom is -0.497 e. The standard InChI is InChI=1S/C25H24N4O3/c1-17-26-21-12-13-28(16-23(21)32-17)25(30)14-24-27-22(18-8-10-20(31-2)11-9-18)15-29(24)19-6-4-3-5-7-19/h3-11,15H,12-14,16H2,1-2H3. The predicted octanol–water partition coefficient (Wildman–Crippen LogP) is 3.97. The lowest BCUT2D eigenvalue weighted by Gasteiger charge is -2.25. The van der Waals surface area contributed by atoms with Crippen molar-refractivity contribution in [2.75, 3.05) is 13.7 Å². The summed E-state index contributed by atoms with van der Waals surface area (Å²) in [5, 5.41) is 0. The second-order valence-corrected chi connectivity index (χ2v) is 7.82. The van der Waals surface area contributed by atoms with Crippen LogP contribution in [0.1, 0.15) is 23.2 Å². The fraction of sp³-hybridized carbons (Fsp3) is 0.240. The molecule has 1 aliphatic rings. The highest BCUT2D eigenvalue weighted by Crippen LogP contribution is 2.25. The molecule has 0 fully saturated rings. The van der Waals surface area contributed by atoms with E-state index in [0.29, 0.717) is 31.2 Å². The van der Waals surface area contributed by atoms with E-state index < -0.39 is 0 Å². The normalized spacial score (nSPS) is 13.1. The summed E-state index contributed by atoms with van der Waals surface area (Å²) in [6, 6.07) is 17.7. The average Bonchev–Trinajstić information content (AvgIpc) is 3.41. The van der Waals surface area contributed by atoms with Gasteiger partial charge >= 0.3 is 0 Å². The number of fused-ring (bicyclic) bond motifs is 1. The molecule has 2 aromatic carbocycles. The first kappa shape index (κ1) is 20.1. The van der Waals surface area contributed by atoms with Gasteiger partial charge in [-0.25, -0.2) is 9.97 Å². The van der Waals surface area contributed by atoms with Gasteiger partial charge in [-0.05, 0) is 36.4 Å². The predicted molar refractivity (Wildman–Crippen MR) is 120 cm³/mol. The molecular weight excluding hydrogens is 404 g/mol. The SMILES string of the molecule is COc1ccc(-c2cn(-c3ccccc3)c(CC(=O)N3CCc4nc(C)oc4C3)n2)cc1. The summed E-state index contributed by atoms with van der Waals surface area (Å²) in [5.74, 6) is 2.94. The van der Waals surface area contributed by atoms with Gasteiger partial charge in [-0.2, -0.15) is 0 Å². The van der Waals surface area contributed by atoms with Crippen molar-refractivity contribution in [1.29, 1.82) is 0 Å². The van der Waals surface area contributed by atoms with Crippen LogP contribution in [0, 0.1) is 6.92 Å². The van der Waals surface area contributed by atoms with Crippen molar-refractivity contribution in [2.45, 2.75) is 26.3 Å². The monoisotopic (exact) mass is 428 g/mol. The van der Waals surface area contributed by atoms with E-state index in [1.165, 1.54) is 0 Å². The van der Waals surface area contributed by atoms with Crippen LogP contribution in [0.4, 0.5) is 0 Å². The summed E-state index contributed by atoms with van der Waals surface area (Å²) < 4.78 is 12.9. The second kappa shape index (κ2) is 8.34. The van der Waals surface area contributed by atoms with Crippen LogP contribution >= 0.6 is 0 Å². The Balaban J connectivity index is 1.44. The minimum absolute atomic E-state index is 0.0220. The maximum atomic E-state index is 13.2. The molecule has 7 nitrogen and oxygen atoms in total. The molecule has 4 aromatic rings. The third kappa shape index (κ3) is 3.89. The number of hydrogen-bond acceptors (Lipinski definition) is 5. The number of amides is 1. The van der Waals surface area contributed by atoms with E-state index in [1.807, 2.05) is 77.2 Å². The highest BCUT2D eigenvalue weighted by molar-refractivity contribution is 5.78. The van der Waals surface area contributed by atoms with Crippen LogP contribution in [0.15, 0.2) is 65.2 Å². The van der Waals surface area contributed by atoms with Gasteiger partial charge in [0.15, 0.2) is 5.89 Å². The van der Waals surface area contributed by atoms with Crippen molar-refractivity contribution in [2.24, 2.45) is 0 Å². The molecule has 0 radical (unpaired) electrons. The van der Waals surface area contributed by atoms with Crippen molar-refractivity contribution >= 4 is 5.91 Å². The summed E-state index contributed by atoms with van der Waals surface area (Å²) in [4.78, 5) is 24.3. The largest absolute Gasteiger partial charge is 0.497 e. The first-order chi connectivity index (χ1) is 15.6. The number of para-hydroxylation sites is 1. The number of benzene rings is 2. The van der Waals surface area contributed by atoms with Gasteiger partial charge in [0.25, 0.3) is 0 Å². The maximum absolute atomic E-state index is 13.2. The molecule has 0 spiro atoms. The van der Waals surface area contributed by atoms with E-state index in [4.69, 9.17) is 14.1 Å². The molecule has 3 heterocycles. The number of hydrogen-bond donors (Lipinski definition) is 0. The number of rotatable bonds is 5. The Morgan fingerprint density at radius 1 is 1.09 bits per heavy atom. The third-order valence-electron chi connectivity index (χ3n) is 5.70. The molecule has 7 heteroatoms. The highest BCUT2D eigenvalue weighted by atomic mass is 16.5. The van der Waals surface area contributed by atoms with Crippen molar-refractivity contribution < 1.29 is 13.9 Å². The van der Waals surface area contributed by atoms with Crippen molar-refractivity contribution in [3.63, 3.8) is 0 Å². The van der Waals surface area contributed by atoms with Crippen LogP contribution in [0.25, 0.3) is 16.9 Å². The number of aromatic nitrogens is 3. The average molecular weight is 428 g/mol. The Hall–Kier alpha value is -3.87. The third-order valence-corrected chi connectivity index (χ3v) is 5.70. The smallest absolute Gasteiger partial charge is 0.230 e. The van der Waals surface area contributed by atoms with Gasteiger partial charge in [0.05, 0.1) is 31.5 Å². The van der Waals surface area contributed by atoms with Crippen LogP contribution < -0.4 is 4.74 Å². The first-order valence-corrected chi connectivity index (χ1v) is 10.6. The zero-order chi connectivity index (χ0) is 22.1. The topological polar surface area (TPSA) is 73.4 Å². The quantitative estimate of drug-likeness (QED) is 0.481. The second-order valence-electron chi connectivity index (χ2n) is 7.82. The molecule has 1 amide bonds. The van der Waals surface area contributed by atoms with Gasteiger partial charge in [0.1, 0.15) is 17.3 Å². The molecule has 2 aromatic heterocycles. The number of aryl methyl sites for hydroxylation is 1. The zero-order valence-corrected chi connectivity index (χ0v) is 18.1. The molecule has 0 bridgehead atoms. The van der Waals surface area contributed by atoms with Crippen LogP contribution in [0.5, 0.6) is 5.75 Å². The number of imidazole rings is 1. The van der Waals surface area contributed by atoms with Crippen LogP contribution in [0.3, 0.4) is 0 Å². The van der Waals surface area contributed by atoms with Crippen molar-refractivity contribution in [3.8, 4) is 22.7 Å². The molecule has 32 heavy (non-hydrogen) atoms. The Morgan fingerprint density at radius 3 is 2.62 bits per heavy atom. The molecule has 0 saturated carbocycles. The molecule has 0 aliphatic carbocycles. The molecule has 0 atom stereocenters. The molecular formula is C25H24N4O3. The van der Waals surface area contributed by atoms with Crippen LogP contribution in [0.2, 0.25) is 0 Å². The summed E-state index contributed by atoms with van der Waals surface area (Å²) >= 11 is 0. The van der Waals surface area contributed by atoms with Gasteiger partial charge in [-0.3, -0.25) is 4.79 Å². The Kier molecular flexibility index (Phi) is 5.23. The van der Waals surface area contributed by atoms with Crippen molar-refractivity contribution in [3.05, 3.63) is 84.0 Å². The molecule has 5 rings (SSSR count). The molecule has 162 valence electrons. The summed E-state index contributed by atoms with van der Waals surface area (Å²) in [5.41, 5.74) is 3.70. The molecule has 1 aliphatic heterocycles. The number of methoxy groups -OCH3 is 1. The number of ether oxygens (including phenoxy) is 1. The van der Waals surface area contributed by atoms with E-state index in [0.717, 1.165) is 34.1 Å². The molecule has 0 N–H and O–H groups in total. The van der Waals surface area contributed by atoms with Gasteiger partial charge < -0.3 is 18.6 Å². The fourth-order valence-electron chi connectivity index (χ4n) is 4.04. The maximum Gasteiger partial charge on any atom is 0.230 e. The Labute approximate surface area is 186 Å². The number of oxazole rings is 1. The first-order valence-electron chi connectivity index (χ1n) is 10.6. The van der Waals surface area contributed by atoms with E-state index in [9.17, 15) is 4.79 Å². The summed E-state index contributed by atoms with van der Waals surface area (Å²) in [6.45, 7) is 2.92. The lowest BCUT2D eigenvalue weighted by atomic mass is 10.1. The van der Waals surface area contributed by atoms with E-state index in [2.05, 4.69) is 4.98 Å². The molecule has 0 unspecified atom stereocenters. The van der Waals surface area contributed by atoms with E-state index in [-0.39, 0.29) is 12.3 Å².